The molecule has 1 saturated carbocycles. The average Bonchev–Trinajstić information content (AvgIpc) is 2.36. The monoisotopic (exact) mass is 301 g/mol. The van der Waals surface area contributed by atoms with Gasteiger partial charge in [-0.2, -0.15) is 0 Å². The molecule has 0 heterocycles. The number of nitrogens with zero attached hydrogens (tertiary/aromatic N) is 2. The molecule has 122 valence electrons. The van der Waals surface area contributed by atoms with Crippen LogP contribution in [0.4, 0.5) is 4.79 Å². The predicted octanol–water partition coefficient (Wildman–Crippen LogP) is 0.602. The maximum Gasteiger partial charge on any atom is 0.317 e. The van der Waals surface area contributed by atoms with Gasteiger partial charge >= 0.3 is 12.0 Å². The number of carboxylic acid groups (broad SMARTS) is 1. The Kier molecular flexibility index (Phi) is 6.42. The summed E-state index contributed by atoms with van der Waals surface area (Å²) in [5.41, 5.74) is 0.0772. The summed E-state index contributed by atoms with van der Waals surface area (Å²) in [4.78, 5) is 26.6. The number of methoxy groups -OCH3 is 1. The normalized spacial score (nSPS) is 18.0. The number of carbonyl (C=O) groups excluding carboxylic acids is 1. The lowest BCUT2D eigenvalue weighted by atomic mass is 9.75. The second-order valence-electron chi connectivity index (χ2n) is 5.97. The van der Waals surface area contributed by atoms with E-state index in [4.69, 9.17) is 9.84 Å². The van der Waals surface area contributed by atoms with Crippen LogP contribution in [0.5, 0.6) is 0 Å². The molecule has 0 bridgehead atoms. The van der Waals surface area contributed by atoms with Crippen molar-refractivity contribution >= 4 is 12.0 Å². The smallest absolute Gasteiger partial charge is 0.317 e. The Labute approximate surface area is 126 Å². The maximum atomic E-state index is 12.1. The standard InChI is InChI=1S/C14H27N3O4/c1-16(2)14(6-5-7-14)10-17(3)13(20)15-9-11(21-4)8-12(18)19/h11H,5-10H2,1-4H3,(H,15,20)(H,18,19). The van der Waals surface area contributed by atoms with Crippen molar-refractivity contribution in [1.29, 1.82) is 0 Å². The van der Waals surface area contributed by atoms with E-state index in [1.165, 1.54) is 13.5 Å². The number of nitrogens with one attached hydrogen (secondary N) is 1. The van der Waals surface area contributed by atoms with Crippen molar-refractivity contribution in [3.63, 3.8) is 0 Å². The largest absolute Gasteiger partial charge is 0.481 e. The molecule has 0 aromatic rings. The minimum atomic E-state index is -0.939. The Morgan fingerprint density at radius 1 is 1.33 bits per heavy atom. The Morgan fingerprint density at radius 3 is 2.33 bits per heavy atom. The molecule has 0 aromatic carbocycles. The van der Waals surface area contributed by atoms with E-state index in [1.807, 2.05) is 14.1 Å². The fourth-order valence-electron chi connectivity index (χ4n) is 2.61. The van der Waals surface area contributed by atoms with Gasteiger partial charge in [-0.05, 0) is 33.4 Å². The highest BCUT2D eigenvalue weighted by Gasteiger charge is 2.40. The Hall–Kier alpha value is -1.34. The molecule has 7 nitrogen and oxygen atoms in total. The molecule has 1 aliphatic carbocycles. The lowest BCUT2D eigenvalue weighted by Gasteiger charge is -2.49. The molecule has 2 amide bonds. The van der Waals surface area contributed by atoms with Gasteiger partial charge in [0, 0.05) is 32.8 Å². The van der Waals surface area contributed by atoms with E-state index < -0.39 is 12.1 Å². The van der Waals surface area contributed by atoms with Crippen LogP contribution in [0.25, 0.3) is 0 Å². The number of hydrogen-bond donors (Lipinski definition) is 2. The molecule has 1 rings (SSSR count). The van der Waals surface area contributed by atoms with Gasteiger partial charge < -0.3 is 25.0 Å². The van der Waals surface area contributed by atoms with Crippen LogP contribution in [0.2, 0.25) is 0 Å². The Bertz CT molecular complexity index is 369. The van der Waals surface area contributed by atoms with Crippen molar-refractivity contribution in [1.82, 2.24) is 15.1 Å². The number of rotatable bonds is 8. The summed E-state index contributed by atoms with van der Waals surface area (Å²) in [7, 11) is 7.29. The number of carbonyl (C=O) groups is 2. The maximum absolute atomic E-state index is 12.1. The van der Waals surface area contributed by atoms with Gasteiger partial charge in [0.25, 0.3) is 0 Å². The van der Waals surface area contributed by atoms with Crippen LogP contribution in [-0.4, -0.2) is 79.9 Å². The van der Waals surface area contributed by atoms with Crippen molar-refractivity contribution in [3.05, 3.63) is 0 Å². The number of aliphatic carboxylic acids is 1. The van der Waals surface area contributed by atoms with Crippen LogP contribution < -0.4 is 5.32 Å². The molecule has 0 radical (unpaired) electrons. The summed E-state index contributed by atoms with van der Waals surface area (Å²) in [6.07, 6.45) is 2.75. The van der Waals surface area contributed by atoms with Crippen LogP contribution in [0.3, 0.4) is 0 Å². The lowest BCUT2D eigenvalue weighted by molar-refractivity contribution is -0.139. The van der Waals surface area contributed by atoms with Crippen LogP contribution in [0.1, 0.15) is 25.7 Å². The molecule has 0 saturated heterocycles. The van der Waals surface area contributed by atoms with E-state index in [0.29, 0.717) is 6.54 Å². The molecule has 1 aliphatic rings. The zero-order valence-electron chi connectivity index (χ0n) is 13.4. The molecule has 1 atom stereocenters. The summed E-state index contributed by atoms with van der Waals surface area (Å²) < 4.78 is 5.04. The number of amides is 2. The van der Waals surface area contributed by atoms with Crippen LogP contribution >= 0.6 is 0 Å². The lowest BCUT2D eigenvalue weighted by Crippen LogP contribution is -2.58. The van der Waals surface area contributed by atoms with Gasteiger partial charge in [0.2, 0.25) is 0 Å². The molecule has 21 heavy (non-hydrogen) atoms. The second kappa shape index (κ2) is 7.61. The first kappa shape index (κ1) is 17.7. The minimum absolute atomic E-state index is 0.0772. The second-order valence-corrected chi connectivity index (χ2v) is 5.97. The van der Waals surface area contributed by atoms with Gasteiger partial charge in [-0.25, -0.2) is 4.79 Å². The van der Waals surface area contributed by atoms with E-state index in [2.05, 4.69) is 10.2 Å². The molecule has 0 spiro atoms. The summed E-state index contributed by atoms with van der Waals surface area (Å²) in [5, 5.41) is 11.5. The Balaban J connectivity index is 2.42. The highest BCUT2D eigenvalue weighted by Crippen LogP contribution is 2.36. The van der Waals surface area contributed by atoms with Crippen molar-refractivity contribution in [3.8, 4) is 0 Å². The van der Waals surface area contributed by atoms with Gasteiger partial charge in [-0.1, -0.05) is 0 Å². The fraction of sp³-hybridized carbons (Fsp3) is 0.857. The van der Waals surface area contributed by atoms with Crippen molar-refractivity contribution < 1.29 is 19.4 Å². The average molecular weight is 301 g/mol. The zero-order valence-corrected chi connectivity index (χ0v) is 13.4. The van der Waals surface area contributed by atoms with Crippen molar-refractivity contribution in [2.45, 2.75) is 37.3 Å². The quantitative estimate of drug-likeness (QED) is 0.686. The van der Waals surface area contributed by atoms with Crippen LogP contribution in [0.15, 0.2) is 0 Å². The van der Waals surface area contributed by atoms with Gasteiger partial charge in [0.1, 0.15) is 0 Å². The van der Waals surface area contributed by atoms with E-state index >= 15 is 0 Å². The van der Waals surface area contributed by atoms with Gasteiger partial charge in [0.15, 0.2) is 0 Å². The van der Waals surface area contributed by atoms with Crippen LogP contribution in [-0.2, 0) is 9.53 Å². The first-order valence-electron chi connectivity index (χ1n) is 7.22. The van der Waals surface area contributed by atoms with Crippen LogP contribution in [0, 0.1) is 0 Å². The third kappa shape index (κ3) is 4.86. The first-order valence-corrected chi connectivity index (χ1v) is 7.22. The van der Waals surface area contributed by atoms with E-state index in [9.17, 15) is 9.59 Å². The van der Waals surface area contributed by atoms with E-state index in [1.54, 1.807) is 11.9 Å². The van der Waals surface area contributed by atoms with Crippen molar-refractivity contribution in [2.24, 2.45) is 0 Å². The number of ether oxygens (including phenoxy) is 1. The predicted molar refractivity (Wildman–Crippen MR) is 79.3 cm³/mol. The topological polar surface area (TPSA) is 82.1 Å². The molecule has 1 fully saturated rings. The summed E-state index contributed by atoms with van der Waals surface area (Å²) in [6, 6.07) is -0.199. The van der Waals surface area contributed by atoms with E-state index in [-0.39, 0.29) is 24.5 Å². The summed E-state index contributed by atoms with van der Waals surface area (Å²) in [5.74, 6) is -0.939. The first-order chi connectivity index (χ1) is 9.80. The van der Waals surface area contributed by atoms with Gasteiger partial charge in [-0.15, -0.1) is 0 Å². The molecule has 2 N–H and O–H groups in total. The molecule has 7 heteroatoms. The summed E-state index contributed by atoms with van der Waals surface area (Å²) in [6.45, 7) is 0.864. The molecular weight excluding hydrogens is 274 g/mol. The number of hydrogen-bond acceptors (Lipinski definition) is 4. The zero-order chi connectivity index (χ0) is 16.0. The fourth-order valence-corrected chi connectivity index (χ4v) is 2.61. The summed E-state index contributed by atoms with van der Waals surface area (Å²) >= 11 is 0. The number of carboxylic acids is 1. The highest BCUT2D eigenvalue weighted by molar-refractivity contribution is 5.74. The molecule has 1 unspecified atom stereocenters. The molecule has 0 aliphatic heterocycles. The molecule has 0 aromatic heterocycles. The minimum Gasteiger partial charge on any atom is -0.481 e. The third-order valence-electron chi connectivity index (χ3n) is 4.33. The SMILES string of the molecule is COC(CNC(=O)N(C)CC1(N(C)C)CCC1)CC(=O)O. The van der Waals surface area contributed by atoms with Gasteiger partial charge in [0.05, 0.1) is 12.5 Å². The third-order valence-corrected chi connectivity index (χ3v) is 4.33. The Morgan fingerprint density at radius 2 is 1.95 bits per heavy atom. The van der Waals surface area contributed by atoms with E-state index in [0.717, 1.165) is 12.8 Å². The number of urea groups is 1. The molecular formula is C14H27N3O4. The van der Waals surface area contributed by atoms with Crippen molar-refractivity contribution in [2.75, 3.05) is 41.3 Å². The van der Waals surface area contributed by atoms with Gasteiger partial charge in [-0.3, -0.25) is 4.79 Å². The number of likely N-dealkylation sites (N-methyl/N-ethyl adjacent to an activating group) is 2. The highest BCUT2D eigenvalue weighted by atomic mass is 16.5.